The van der Waals surface area contributed by atoms with Crippen LogP contribution in [0.5, 0.6) is 11.5 Å². The Hall–Kier alpha value is -4.00. The Morgan fingerprint density at radius 2 is 1.94 bits per heavy atom. The summed E-state index contributed by atoms with van der Waals surface area (Å²) in [6.45, 7) is 4.40. The first-order valence-electron chi connectivity index (χ1n) is 11.0. The van der Waals surface area contributed by atoms with Crippen LogP contribution in [0.4, 0.5) is 16.2 Å². The van der Waals surface area contributed by atoms with Gasteiger partial charge in [-0.15, -0.1) is 0 Å². The summed E-state index contributed by atoms with van der Waals surface area (Å²) in [4.78, 5) is 27.6. The molecule has 0 aromatic heterocycles. The molecule has 3 aromatic rings. The Bertz CT molecular complexity index is 1210. The van der Waals surface area contributed by atoms with Crippen molar-refractivity contribution in [3.05, 3.63) is 83.9 Å². The highest BCUT2D eigenvalue weighted by atomic mass is 16.5. The zero-order chi connectivity index (χ0) is 23.0. The minimum absolute atomic E-state index is 0.116. The lowest BCUT2D eigenvalue weighted by Gasteiger charge is -2.50. The summed E-state index contributed by atoms with van der Waals surface area (Å²) in [7, 11) is 0. The van der Waals surface area contributed by atoms with Crippen molar-refractivity contribution in [2.75, 3.05) is 16.8 Å². The molecule has 0 radical (unpaired) electrons. The Morgan fingerprint density at radius 3 is 2.73 bits per heavy atom. The van der Waals surface area contributed by atoms with E-state index >= 15 is 0 Å². The summed E-state index contributed by atoms with van der Waals surface area (Å²) in [6.07, 6.45) is 0.596. The van der Waals surface area contributed by atoms with Crippen LogP contribution in [-0.4, -0.2) is 24.3 Å². The van der Waals surface area contributed by atoms with Gasteiger partial charge in [-0.2, -0.15) is 0 Å². The minimum Gasteiger partial charge on any atom is -0.494 e. The number of amides is 3. The Kier molecular flexibility index (Phi) is 5.17. The average Bonchev–Trinajstić information content (AvgIpc) is 2.80. The lowest BCUT2D eigenvalue weighted by Crippen LogP contribution is -2.65. The first-order chi connectivity index (χ1) is 16.0. The lowest BCUT2D eigenvalue weighted by molar-refractivity contribution is 0.0378. The second kappa shape index (κ2) is 8.16. The van der Waals surface area contributed by atoms with Gasteiger partial charge < -0.3 is 20.1 Å². The molecular weight excluding hydrogens is 418 g/mol. The number of nitrogens with zero attached hydrogens (tertiary/aromatic N) is 1. The van der Waals surface area contributed by atoms with Crippen molar-refractivity contribution < 1.29 is 19.1 Å². The second-order valence-corrected chi connectivity index (χ2v) is 8.32. The minimum atomic E-state index is -0.869. The van der Waals surface area contributed by atoms with E-state index in [1.54, 1.807) is 35.2 Å². The predicted octanol–water partition coefficient (Wildman–Crippen LogP) is 5.11. The maximum Gasteiger partial charge on any atom is 0.325 e. The van der Waals surface area contributed by atoms with Gasteiger partial charge in [0.1, 0.15) is 11.5 Å². The molecule has 2 N–H and O–H groups in total. The molecule has 5 rings (SSSR count). The average molecular weight is 444 g/mol. The number of anilines is 2. The molecule has 2 aliphatic rings. The number of carbonyl (C=O) groups is 2. The van der Waals surface area contributed by atoms with Crippen molar-refractivity contribution >= 4 is 23.3 Å². The molecule has 0 saturated carbocycles. The van der Waals surface area contributed by atoms with Crippen LogP contribution < -0.4 is 25.0 Å². The molecule has 2 bridgehead atoms. The topological polar surface area (TPSA) is 79.9 Å². The number of nitrogens with one attached hydrogen (secondary N) is 2. The van der Waals surface area contributed by atoms with Crippen LogP contribution in [0.1, 0.15) is 42.2 Å². The molecule has 0 spiro atoms. The van der Waals surface area contributed by atoms with Gasteiger partial charge in [0.2, 0.25) is 0 Å². The highest BCUT2D eigenvalue weighted by molar-refractivity contribution is 6.05. The van der Waals surface area contributed by atoms with Crippen molar-refractivity contribution in [2.24, 2.45) is 0 Å². The molecule has 168 valence electrons. The van der Waals surface area contributed by atoms with Crippen LogP contribution in [0.2, 0.25) is 0 Å². The Morgan fingerprint density at radius 1 is 1.15 bits per heavy atom. The molecule has 1 fully saturated rings. The van der Waals surface area contributed by atoms with E-state index in [0.717, 1.165) is 17.1 Å². The van der Waals surface area contributed by atoms with Gasteiger partial charge in [-0.05, 0) is 62.4 Å². The molecular formula is C26H25N3O4. The van der Waals surface area contributed by atoms with Gasteiger partial charge in [0.05, 0.1) is 18.3 Å². The molecule has 2 aliphatic heterocycles. The van der Waals surface area contributed by atoms with Crippen molar-refractivity contribution in [1.82, 2.24) is 5.32 Å². The van der Waals surface area contributed by atoms with Gasteiger partial charge in [0, 0.05) is 23.2 Å². The highest BCUT2D eigenvalue weighted by Crippen LogP contribution is 2.45. The van der Waals surface area contributed by atoms with Crippen LogP contribution >= 0.6 is 0 Å². The quantitative estimate of drug-likeness (QED) is 0.575. The van der Waals surface area contributed by atoms with Gasteiger partial charge in [0.15, 0.2) is 5.72 Å². The lowest BCUT2D eigenvalue weighted by atomic mass is 9.90. The van der Waals surface area contributed by atoms with Gasteiger partial charge in [-0.1, -0.05) is 24.3 Å². The fourth-order valence-electron chi connectivity index (χ4n) is 4.50. The third-order valence-corrected chi connectivity index (χ3v) is 5.97. The molecule has 7 heteroatoms. The Labute approximate surface area is 192 Å². The normalized spacial score (nSPS) is 20.8. The third kappa shape index (κ3) is 3.86. The fraction of sp³-hybridized carbons (Fsp3) is 0.231. The number of hydrogen-bond donors (Lipinski definition) is 2. The predicted molar refractivity (Wildman–Crippen MR) is 126 cm³/mol. The van der Waals surface area contributed by atoms with E-state index in [-0.39, 0.29) is 18.0 Å². The van der Waals surface area contributed by atoms with Crippen molar-refractivity contribution in [2.45, 2.75) is 32.0 Å². The molecule has 7 nitrogen and oxygen atoms in total. The molecule has 0 unspecified atom stereocenters. The number of urea groups is 1. The largest absolute Gasteiger partial charge is 0.494 e. The van der Waals surface area contributed by atoms with Crippen LogP contribution in [-0.2, 0) is 0 Å². The maximum absolute atomic E-state index is 13.1. The zero-order valence-electron chi connectivity index (χ0n) is 18.5. The van der Waals surface area contributed by atoms with E-state index in [0.29, 0.717) is 30.0 Å². The summed E-state index contributed by atoms with van der Waals surface area (Å²) in [5, 5.41) is 5.97. The van der Waals surface area contributed by atoms with E-state index in [9.17, 15) is 9.59 Å². The summed E-state index contributed by atoms with van der Waals surface area (Å²) in [5.74, 6) is 1.23. The van der Waals surface area contributed by atoms with Crippen molar-refractivity contribution in [1.29, 1.82) is 0 Å². The van der Waals surface area contributed by atoms with Crippen LogP contribution in [0, 0.1) is 0 Å². The number of ether oxygens (including phenoxy) is 2. The number of benzene rings is 3. The second-order valence-electron chi connectivity index (χ2n) is 8.32. The van der Waals surface area contributed by atoms with Crippen molar-refractivity contribution in [3.63, 3.8) is 0 Å². The standard InChI is InChI=1S/C26H25N3O4/c1-3-32-20-13-11-18(12-14-20)27-24(30)17-7-6-8-19(15-17)29-25(31)28-22-16-26(29,2)33-23-10-5-4-9-21(22)23/h4-15,22H,3,16H2,1-2H3,(H,27,30)(H,28,31)/t22-,26+/m0/s1. The van der Waals surface area contributed by atoms with E-state index in [2.05, 4.69) is 10.6 Å². The Balaban J connectivity index is 1.39. The number of rotatable bonds is 5. The third-order valence-electron chi connectivity index (χ3n) is 5.97. The van der Waals surface area contributed by atoms with Crippen molar-refractivity contribution in [3.8, 4) is 11.5 Å². The molecule has 2 heterocycles. The summed E-state index contributed by atoms with van der Waals surface area (Å²) < 4.78 is 11.7. The number of carbonyl (C=O) groups excluding carboxylic acids is 2. The van der Waals surface area contributed by atoms with Crippen LogP contribution in [0.3, 0.4) is 0 Å². The number of fused-ring (bicyclic) bond motifs is 4. The summed E-state index contributed by atoms with van der Waals surface area (Å²) >= 11 is 0. The van der Waals surface area contributed by atoms with E-state index < -0.39 is 5.72 Å². The van der Waals surface area contributed by atoms with Crippen LogP contribution in [0.25, 0.3) is 0 Å². The molecule has 3 aromatic carbocycles. The van der Waals surface area contributed by atoms with Gasteiger partial charge in [-0.25, -0.2) is 4.79 Å². The van der Waals surface area contributed by atoms with E-state index in [4.69, 9.17) is 9.47 Å². The first kappa shape index (κ1) is 20.9. The summed E-state index contributed by atoms with van der Waals surface area (Å²) in [6, 6.07) is 21.6. The highest BCUT2D eigenvalue weighted by Gasteiger charge is 2.49. The van der Waals surface area contributed by atoms with E-state index in [1.807, 2.05) is 56.3 Å². The van der Waals surface area contributed by atoms with Gasteiger partial charge >= 0.3 is 6.03 Å². The zero-order valence-corrected chi connectivity index (χ0v) is 18.5. The molecule has 3 amide bonds. The molecule has 0 aliphatic carbocycles. The summed E-state index contributed by atoms with van der Waals surface area (Å²) in [5.41, 5.74) is 1.80. The fourth-order valence-corrected chi connectivity index (χ4v) is 4.50. The number of para-hydroxylation sites is 1. The van der Waals surface area contributed by atoms with Crippen LogP contribution in [0.15, 0.2) is 72.8 Å². The van der Waals surface area contributed by atoms with Gasteiger partial charge in [0.25, 0.3) is 5.91 Å². The molecule has 33 heavy (non-hydrogen) atoms. The molecule has 2 atom stereocenters. The molecule has 1 saturated heterocycles. The van der Waals surface area contributed by atoms with E-state index in [1.165, 1.54) is 0 Å². The maximum atomic E-state index is 13.1. The SMILES string of the molecule is CCOc1ccc(NC(=O)c2cccc(N3C(=O)N[C@H]4C[C@@]3(C)Oc3ccccc34)c2)cc1. The van der Waals surface area contributed by atoms with Gasteiger partial charge in [-0.3, -0.25) is 9.69 Å². The smallest absolute Gasteiger partial charge is 0.325 e. The first-order valence-corrected chi connectivity index (χ1v) is 11.0. The monoisotopic (exact) mass is 443 g/mol. The number of hydrogen-bond acceptors (Lipinski definition) is 4.